The minimum Gasteiger partial charge on any atom is -0.383 e. The van der Waals surface area contributed by atoms with E-state index in [0.29, 0.717) is 24.4 Å². The average molecular weight is 247 g/mol. The molecule has 1 aromatic rings. The Balaban J connectivity index is 2.51. The summed E-state index contributed by atoms with van der Waals surface area (Å²) in [5.74, 6) is -0.135. The lowest BCUT2D eigenvalue weighted by Gasteiger charge is -2.09. The molecule has 1 aromatic carbocycles. The smallest absolute Gasteiger partial charge is 0.238 e. The van der Waals surface area contributed by atoms with Crippen LogP contribution in [-0.2, 0) is 9.53 Å². The monoisotopic (exact) mass is 247 g/mol. The Bertz CT molecular complexity index is 452. The van der Waals surface area contributed by atoms with Crippen molar-refractivity contribution in [3.05, 3.63) is 29.3 Å². The Morgan fingerprint density at radius 2 is 2.28 bits per heavy atom. The number of aryl methyl sites for hydroxylation is 1. The highest BCUT2D eigenvalue weighted by molar-refractivity contribution is 5.93. The van der Waals surface area contributed by atoms with E-state index in [0.717, 1.165) is 5.56 Å². The van der Waals surface area contributed by atoms with Crippen molar-refractivity contribution in [1.82, 2.24) is 5.32 Å². The van der Waals surface area contributed by atoms with Gasteiger partial charge in [-0.25, -0.2) is 0 Å². The van der Waals surface area contributed by atoms with Gasteiger partial charge in [0, 0.05) is 19.3 Å². The lowest BCUT2D eigenvalue weighted by atomic mass is 10.1. The molecule has 18 heavy (non-hydrogen) atoms. The number of hydrogen-bond acceptors (Lipinski definition) is 4. The van der Waals surface area contributed by atoms with Crippen molar-refractivity contribution < 1.29 is 9.53 Å². The molecule has 0 unspecified atom stereocenters. The number of nitrogens with zero attached hydrogens (tertiary/aromatic N) is 1. The second-order valence-electron chi connectivity index (χ2n) is 3.86. The fourth-order valence-corrected chi connectivity index (χ4v) is 1.40. The number of nitrogens with one attached hydrogen (secondary N) is 2. The van der Waals surface area contributed by atoms with Crippen LogP contribution in [0.25, 0.3) is 0 Å². The summed E-state index contributed by atoms with van der Waals surface area (Å²) in [6, 6.07) is 7.25. The van der Waals surface area contributed by atoms with Gasteiger partial charge in [-0.15, -0.1) is 0 Å². The van der Waals surface area contributed by atoms with Crippen LogP contribution in [0.2, 0.25) is 0 Å². The first-order valence-corrected chi connectivity index (χ1v) is 5.67. The van der Waals surface area contributed by atoms with Crippen molar-refractivity contribution in [2.75, 3.05) is 32.1 Å². The van der Waals surface area contributed by atoms with Gasteiger partial charge in [0.2, 0.25) is 5.91 Å². The van der Waals surface area contributed by atoms with Gasteiger partial charge >= 0.3 is 0 Å². The van der Waals surface area contributed by atoms with E-state index in [1.54, 1.807) is 19.2 Å². The topological polar surface area (TPSA) is 74.2 Å². The maximum Gasteiger partial charge on any atom is 0.238 e. The minimum atomic E-state index is -0.135. The van der Waals surface area contributed by atoms with E-state index in [1.165, 1.54) is 0 Å². The molecule has 0 spiro atoms. The number of amides is 1. The van der Waals surface area contributed by atoms with Crippen molar-refractivity contribution >= 4 is 11.6 Å². The molecule has 0 atom stereocenters. The van der Waals surface area contributed by atoms with Crippen LogP contribution in [-0.4, -0.2) is 32.7 Å². The van der Waals surface area contributed by atoms with Crippen LogP contribution in [0.15, 0.2) is 18.2 Å². The standard InChI is InChI=1S/C13H17N3O2/c1-10-3-4-11(8-14)7-12(10)16-13(17)9-15-5-6-18-2/h3-4,7,15H,5-6,9H2,1-2H3,(H,16,17). The van der Waals surface area contributed by atoms with Crippen LogP contribution in [0.1, 0.15) is 11.1 Å². The Labute approximate surface area is 107 Å². The van der Waals surface area contributed by atoms with Gasteiger partial charge in [-0.05, 0) is 24.6 Å². The number of ether oxygens (including phenoxy) is 1. The first-order valence-electron chi connectivity index (χ1n) is 5.67. The molecule has 5 heteroatoms. The average Bonchev–Trinajstić information content (AvgIpc) is 2.37. The van der Waals surface area contributed by atoms with Gasteiger partial charge < -0.3 is 15.4 Å². The zero-order valence-electron chi connectivity index (χ0n) is 10.6. The fraction of sp³-hybridized carbons (Fsp3) is 0.385. The molecule has 1 rings (SSSR count). The number of methoxy groups -OCH3 is 1. The Hall–Kier alpha value is -1.90. The van der Waals surface area contributed by atoms with Crippen LogP contribution < -0.4 is 10.6 Å². The normalized spacial score (nSPS) is 9.83. The van der Waals surface area contributed by atoms with Crippen molar-refractivity contribution in [3.63, 3.8) is 0 Å². The molecule has 1 amide bonds. The molecule has 0 aliphatic rings. The summed E-state index contributed by atoms with van der Waals surface area (Å²) < 4.78 is 4.86. The second-order valence-corrected chi connectivity index (χ2v) is 3.86. The Morgan fingerprint density at radius 3 is 2.94 bits per heavy atom. The number of benzene rings is 1. The molecular weight excluding hydrogens is 230 g/mol. The van der Waals surface area contributed by atoms with Crippen molar-refractivity contribution in [3.8, 4) is 6.07 Å². The third-order valence-corrected chi connectivity index (χ3v) is 2.41. The number of hydrogen-bond donors (Lipinski definition) is 2. The molecule has 96 valence electrons. The molecule has 0 aromatic heterocycles. The van der Waals surface area contributed by atoms with E-state index in [4.69, 9.17) is 10.00 Å². The lowest BCUT2D eigenvalue weighted by Crippen LogP contribution is -2.30. The number of carbonyl (C=O) groups excluding carboxylic acids is 1. The van der Waals surface area contributed by atoms with Gasteiger partial charge in [0.15, 0.2) is 0 Å². The van der Waals surface area contributed by atoms with Gasteiger partial charge in [0.05, 0.1) is 24.8 Å². The molecule has 0 saturated heterocycles. The Kier molecular flexibility index (Phi) is 5.85. The van der Waals surface area contributed by atoms with Crippen molar-refractivity contribution in [1.29, 1.82) is 5.26 Å². The highest BCUT2D eigenvalue weighted by Gasteiger charge is 2.05. The van der Waals surface area contributed by atoms with E-state index in [1.807, 2.05) is 19.1 Å². The van der Waals surface area contributed by atoms with E-state index < -0.39 is 0 Å². The molecule has 0 aliphatic carbocycles. The minimum absolute atomic E-state index is 0.135. The van der Waals surface area contributed by atoms with Gasteiger partial charge in [-0.2, -0.15) is 5.26 Å². The molecule has 2 N–H and O–H groups in total. The maximum atomic E-state index is 11.6. The van der Waals surface area contributed by atoms with Crippen LogP contribution in [0, 0.1) is 18.3 Å². The van der Waals surface area contributed by atoms with Gasteiger partial charge in [-0.3, -0.25) is 4.79 Å². The fourth-order valence-electron chi connectivity index (χ4n) is 1.40. The third-order valence-electron chi connectivity index (χ3n) is 2.41. The largest absolute Gasteiger partial charge is 0.383 e. The molecule has 0 aliphatic heterocycles. The number of nitriles is 1. The number of rotatable bonds is 6. The van der Waals surface area contributed by atoms with Crippen molar-refractivity contribution in [2.24, 2.45) is 0 Å². The summed E-state index contributed by atoms with van der Waals surface area (Å²) in [4.78, 5) is 11.6. The summed E-state index contributed by atoms with van der Waals surface area (Å²) in [6.07, 6.45) is 0. The van der Waals surface area contributed by atoms with Crippen molar-refractivity contribution in [2.45, 2.75) is 6.92 Å². The van der Waals surface area contributed by atoms with Gasteiger partial charge in [0.1, 0.15) is 0 Å². The summed E-state index contributed by atoms with van der Waals surface area (Å²) in [5, 5.41) is 14.5. The molecule has 0 saturated carbocycles. The van der Waals surface area contributed by atoms with Gasteiger partial charge in [-0.1, -0.05) is 6.07 Å². The molecule has 5 nitrogen and oxygen atoms in total. The summed E-state index contributed by atoms with van der Waals surface area (Å²) in [6.45, 7) is 3.30. The lowest BCUT2D eigenvalue weighted by molar-refractivity contribution is -0.115. The molecule has 0 fully saturated rings. The molecule has 0 heterocycles. The zero-order valence-corrected chi connectivity index (χ0v) is 10.6. The highest BCUT2D eigenvalue weighted by Crippen LogP contribution is 2.16. The highest BCUT2D eigenvalue weighted by atomic mass is 16.5. The summed E-state index contributed by atoms with van der Waals surface area (Å²) in [5.41, 5.74) is 2.13. The Morgan fingerprint density at radius 1 is 1.50 bits per heavy atom. The quantitative estimate of drug-likeness (QED) is 0.737. The van der Waals surface area contributed by atoms with E-state index in [-0.39, 0.29) is 12.5 Å². The predicted octanol–water partition coefficient (Wildman–Crippen LogP) is 1.04. The van der Waals surface area contributed by atoms with Crippen LogP contribution >= 0.6 is 0 Å². The summed E-state index contributed by atoms with van der Waals surface area (Å²) >= 11 is 0. The van der Waals surface area contributed by atoms with E-state index in [9.17, 15) is 4.79 Å². The first kappa shape index (κ1) is 14.2. The number of carbonyl (C=O) groups is 1. The zero-order chi connectivity index (χ0) is 13.4. The SMILES string of the molecule is COCCNCC(=O)Nc1cc(C#N)ccc1C. The number of anilines is 1. The van der Waals surface area contributed by atoms with Crippen LogP contribution in [0.5, 0.6) is 0 Å². The second kappa shape index (κ2) is 7.43. The molecule has 0 radical (unpaired) electrons. The van der Waals surface area contributed by atoms with E-state index in [2.05, 4.69) is 10.6 Å². The molecular formula is C13H17N3O2. The predicted molar refractivity (Wildman–Crippen MR) is 69.3 cm³/mol. The van der Waals surface area contributed by atoms with E-state index >= 15 is 0 Å². The van der Waals surface area contributed by atoms with Crippen LogP contribution in [0.3, 0.4) is 0 Å². The third kappa shape index (κ3) is 4.53. The summed E-state index contributed by atoms with van der Waals surface area (Å²) in [7, 11) is 1.61. The first-order chi connectivity index (χ1) is 8.67. The van der Waals surface area contributed by atoms with Crippen LogP contribution in [0.4, 0.5) is 5.69 Å². The molecule has 0 bridgehead atoms. The van der Waals surface area contributed by atoms with Gasteiger partial charge in [0.25, 0.3) is 0 Å². The maximum absolute atomic E-state index is 11.6.